The van der Waals surface area contributed by atoms with E-state index in [9.17, 15) is 4.79 Å². The normalized spacial score (nSPS) is 10.4. The molecule has 1 aromatic carbocycles. The van der Waals surface area contributed by atoms with Crippen LogP contribution in [0, 0.1) is 11.3 Å². The van der Waals surface area contributed by atoms with E-state index in [1.54, 1.807) is 41.7 Å². The maximum Gasteiger partial charge on any atom is 0.185 e. The van der Waals surface area contributed by atoms with Crippen LogP contribution in [0.2, 0.25) is 0 Å². The summed E-state index contributed by atoms with van der Waals surface area (Å²) in [6.45, 7) is 0. The number of rotatable bonds is 3. The molecule has 0 radical (unpaired) electrons. The van der Waals surface area contributed by atoms with E-state index >= 15 is 0 Å². The fourth-order valence-corrected chi connectivity index (χ4v) is 2.75. The van der Waals surface area contributed by atoms with Crippen molar-refractivity contribution in [1.29, 1.82) is 5.26 Å². The zero-order valence-corrected chi connectivity index (χ0v) is 11.7. The third-order valence-electron chi connectivity index (χ3n) is 2.26. The predicted octanol–water partition coefficient (Wildman–Crippen LogP) is 4.28. The van der Waals surface area contributed by atoms with Crippen molar-refractivity contribution in [2.75, 3.05) is 0 Å². The van der Waals surface area contributed by atoms with Crippen LogP contribution in [0.5, 0.6) is 0 Å². The Balaban J connectivity index is 2.17. The van der Waals surface area contributed by atoms with Crippen LogP contribution in [-0.2, 0) is 0 Å². The van der Waals surface area contributed by atoms with E-state index in [1.807, 2.05) is 17.5 Å². The minimum atomic E-state index is -0.100. The highest BCUT2D eigenvalue weighted by Crippen LogP contribution is 2.21. The van der Waals surface area contributed by atoms with Crippen molar-refractivity contribution in [3.05, 3.63) is 62.3 Å². The third-order valence-corrected chi connectivity index (χ3v) is 3.92. The number of ketones is 1. The summed E-state index contributed by atoms with van der Waals surface area (Å²) in [5.74, 6) is -0.100. The first kappa shape index (κ1) is 12.7. The monoisotopic (exact) mass is 317 g/mol. The summed E-state index contributed by atoms with van der Waals surface area (Å²) in [4.78, 5) is 12.9. The quantitative estimate of drug-likeness (QED) is 0.626. The molecule has 0 N–H and O–H groups in total. The minimum absolute atomic E-state index is 0.100. The lowest BCUT2D eigenvalue weighted by Crippen LogP contribution is -1.94. The first-order valence-corrected chi connectivity index (χ1v) is 6.83. The van der Waals surface area contributed by atoms with Gasteiger partial charge in [0.1, 0.15) is 0 Å². The van der Waals surface area contributed by atoms with Gasteiger partial charge in [-0.15, -0.1) is 11.3 Å². The number of halogens is 1. The van der Waals surface area contributed by atoms with Crippen LogP contribution in [0.15, 0.2) is 46.3 Å². The zero-order valence-electron chi connectivity index (χ0n) is 9.26. The van der Waals surface area contributed by atoms with Crippen molar-refractivity contribution in [1.82, 2.24) is 0 Å². The summed E-state index contributed by atoms with van der Waals surface area (Å²) >= 11 is 4.91. The van der Waals surface area contributed by atoms with E-state index in [4.69, 9.17) is 5.26 Å². The van der Waals surface area contributed by atoms with E-state index in [1.165, 1.54) is 6.08 Å². The SMILES string of the molecule is N#Cc1cccc(C(=O)C=Cc2cc(Br)cs2)c1. The van der Waals surface area contributed by atoms with E-state index < -0.39 is 0 Å². The molecule has 88 valence electrons. The molecule has 0 unspecified atom stereocenters. The van der Waals surface area contributed by atoms with Gasteiger partial charge in [-0.2, -0.15) is 5.26 Å². The van der Waals surface area contributed by atoms with E-state index in [2.05, 4.69) is 15.9 Å². The second-order valence-corrected chi connectivity index (χ2v) is 5.42. The lowest BCUT2D eigenvalue weighted by Gasteiger charge is -1.95. The number of hydrogen-bond acceptors (Lipinski definition) is 3. The van der Waals surface area contributed by atoms with Gasteiger partial charge in [-0.1, -0.05) is 12.1 Å². The van der Waals surface area contributed by atoms with Crippen LogP contribution in [0.3, 0.4) is 0 Å². The summed E-state index contributed by atoms with van der Waals surface area (Å²) in [6.07, 6.45) is 3.30. The largest absolute Gasteiger partial charge is 0.289 e. The maximum absolute atomic E-state index is 11.9. The number of hydrogen-bond donors (Lipinski definition) is 0. The standard InChI is InChI=1S/C14H8BrNOS/c15-12-7-13(18-9-12)4-5-14(17)11-3-1-2-10(6-11)8-16/h1-7,9H. The predicted molar refractivity (Wildman–Crippen MR) is 76.5 cm³/mol. The molecular formula is C14H8BrNOS. The lowest BCUT2D eigenvalue weighted by atomic mass is 10.1. The molecule has 0 aliphatic rings. The Hall–Kier alpha value is -1.70. The molecule has 2 aromatic rings. The lowest BCUT2D eigenvalue weighted by molar-refractivity contribution is 0.104. The molecule has 0 fully saturated rings. The first-order valence-electron chi connectivity index (χ1n) is 5.15. The van der Waals surface area contributed by atoms with Crippen LogP contribution in [0.1, 0.15) is 20.8 Å². The average molecular weight is 318 g/mol. The van der Waals surface area contributed by atoms with Gasteiger partial charge in [0.05, 0.1) is 11.6 Å². The molecule has 0 saturated carbocycles. The van der Waals surface area contributed by atoms with Gasteiger partial charge in [0.15, 0.2) is 5.78 Å². The Kier molecular flexibility index (Phi) is 4.08. The summed E-state index contributed by atoms with van der Waals surface area (Å²) in [6, 6.07) is 10.7. The van der Waals surface area contributed by atoms with Gasteiger partial charge in [-0.05, 0) is 46.3 Å². The highest BCUT2D eigenvalue weighted by atomic mass is 79.9. The maximum atomic E-state index is 11.9. The molecule has 0 aliphatic carbocycles. The highest BCUT2D eigenvalue weighted by Gasteiger charge is 2.02. The van der Waals surface area contributed by atoms with Crippen molar-refractivity contribution in [3.8, 4) is 6.07 Å². The second-order valence-electron chi connectivity index (χ2n) is 3.56. The minimum Gasteiger partial charge on any atom is -0.289 e. The summed E-state index contributed by atoms with van der Waals surface area (Å²) in [5, 5.41) is 10.7. The molecule has 0 amide bonds. The third kappa shape index (κ3) is 3.16. The number of benzene rings is 1. The smallest absolute Gasteiger partial charge is 0.185 e. The summed E-state index contributed by atoms with van der Waals surface area (Å²) < 4.78 is 1.01. The highest BCUT2D eigenvalue weighted by molar-refractivity contribution is 9.10. The van der Waals surface area contributed by atoms with Crippen molar-refractivity contribution < 1.29 is 4.79 Å². The second kappa shape index (κ2) is 5.76. The molecule has 4 heteroatoms. The van der Waals surface area contributed by atoms with Crippen LogP contribution in [0.25, 0.3) is 6.08 Å². The fraction of sp³-hybridized carbons (Fsp3) is 0. The van der Waals surface area contributed by atoms with E-state index in [-0.39, 0.29) is 5.78 Å². The Morgan fingerprint density at radius 3 is 2.89 bits per heavy atom. The zero-order chi connectivity index (χ0) is 13.0. The van der Waals surface area contributed by atoms with Crippen LogP contribution in [0.4, 0.5) is 0 Å². The Labute approximate surface area is 117 Å². The van der Waals surface area contributed by atoms with Crippen LogP contribution in [-0.4, -0.2) is 5.78 Å². The molecule has 0 spiro atoms. The van der Waals surface area contributed by atoms with Gasteiger partial charge < -0.3 is 0 Å². The van der Waals surface area contributed by atoms with Crippen LogP contribution >= 0.6 is 27.3 Å². The molecule has 2 nitrogen and oxygen atoms in total. The Morgan fingerprint density at radius 2 is 2.22 bits per heavy atom. The van der Waals surface area contributed by atoms with E-state index in [0.717, 1.165) is 9.35 Å². The average Bonchev–Trinajstić information content (AvgIpc) is 2.82. The topological polar surface area (TPSA) is 40.9 Å². The molecule has 0 aliphatic heterocycles. The van der Waals surface area contributed by atoms with Crippen LogP contribution < -0.4 is 0 Å². The molecule has 2 rings (SSSR count). The van der Waals surface area contributed by atoms with Crippen molar-refractivity contribution in [2.45, 2.75) is 0 Å². The van der Waals surface area contributed by atoms with Gasteiger partial charge >= 0.3 is 0 Å². The van der Waals surface area contributed by atoms with Gasteiger partial charge in [-0.3, -0.25) is 4.79 Å². The Morgan fingerprint density at radius 1 is 1.39 bits per heavy atom. The molecule has 0 bridgehead atoms. The number of carbonyl (C=O) groups excluding carboxylic acids is 1. The molecule has 1 aromatic heterocycles. The molecular weight excluding hydrogens is 310 g/mol. The molecule has 1 heterocycles. The van der Waals surface area contributed by atoms with Gasteiger partial charge in [-0.25, -0.2) is 0 Å². The number of allylic oxidation sites excluding steroid dienone is 1. The molecule has 18 heavy (non-hydrogen) atoms. The van der Waals surface area contributed by atoms with Gasteiger partial charge in [0, 0.05) is 20.3 Å². The van der Waals surface area contributed by atoms with Crippen molar-refractivity contribution >= 4 is 39.1 Å². The van der Waals surface area contributed by atoms with Gasteiger partial charge in [0.2, 0.25) is 0 Å². The number of nitrogens with zero attached hydrogens (tertiary/aromatic N) is 1. The van der Waals surface area contributed by atoms with Gasteiger partial charge in [0.25, 0.3) is 0 Å². The van der Waals surface area contributed by atoms with E-state index in [0.29, 0.717) is 11.1 Å². The number of nitriles is 1. The summed E-state index contributed by atoms with van der Waals surface area (Å²) in [7, 11) is 0. The van der Waals surface area contributed by atoms with Crippen molar-refractivity contribution in [2.24, 2.45) is 0 Å². The van der Waals surface area contributed by atoms with Crippen molar-refractivity contribution in [3.63, 3.8) is 0 Å². The number of thiophene rings is 1. The summed E-state index contributed by atoms with van der Waals surface area (Å²) in [5.41, 5.74) is 1.02. The Bertz CT molecular complexity index is 652. The fourth-order valence-electron chi connectivity index (χ4n) is 1.41. The first-order chi connectivity index (χ1) is 8.69. The molecule has 0 saturated heterocycles. The number of carbonyl (C=O) groups is 1. The molecule has 0 atom stereocenters.